The second kappa shape index (κ2) is 5.47. The van der Waals surface area contributed by atoms with Gasteiger partial charge in [0, 0.05) is 12.1 Å². The van der Waals surface area contributed by atoms with E-state index < -0.39 is 5.97 Å². The summed E-state index contributed by atoms with van der Waals surface area (Å²) in [7, 11) is 2.02. The van der Waals surface area contributed by atoms with Crippen LogP contribution in [0.1, 0.15) is 32.6 Å². The van der Waals surface area contributed by atoms with Gasteiger partial charge in [-0.05, 0) is 39.3 Å². The van der Waals surface area contributed by atoms with Crippen LogP contribution in [0, 0.1) is 5.92 Å². The number of carboxylic acid groups (broad SMARTS) is 1. The SMILES string of the molecule is CC(CC(=O)O)N(C)C1CCCC1CN. The average molecular weight is 214 g/mol. The first kappa shape index (κ1) is 12.5. The number of nitrogens with zero attached hydrogens (tertiary/aromatic N) is 1. The van der Waals surface area contributed by atoms with E-state index in [0.717, 1.165) is 13.0 Å². The molecule has 4 nitrogen and oxygen atoms in total. The lowest BCUT2D eigenvalue weighted by atomic mass is 10.0. The first-order chi connectivity index (χ1) is 7.06. The molecule has 1 fully saturated rings. The zero-order valence-corrected chi connectivity index (χ0v) is 9.65. The van der Waals surface area contributed by atoms with Gasteiger partial charge in [0.2, 0.25) is 0 Å². The highest BCUT2D eigenvalue weighted by Crippen LogP contribution is 2.29. The van der Waals surface area contributed by atoms with Gasteiger partial charge >= 0.3 is 5.97 Å². The second-order valence-corrected chi connectivity index (χ2v) is 4.61. The van der Waals surface area contributed by atoms with Crippen molar-refractivity contribution in [2.24, 2.45) is 11.7 Å². The number of carbonyl (C=O) groups is 1. The standard InChI is InChI=1S/C11H22N2O2/c1-8(6-11(14)15)13(2)10-5-3-4-9(10)7-12/h8-10H,3-7,12H2,1-2H3,(H,14,15). The van der Waals surface area contributed by atoms with Crippen molar-refractivity contribution in [3.8, 4) is 0 Å². The molecule has 88 valence electrons. The molecule has 0 saturated heterocycles. The first-order valence-electron chi connectivity index (χ1n) is 5.70. The Morgan fingerprint density at radius 1 is 1.60 bits per heavy atom. The molecule has 3 atom stereocenters. The molecule has 1 aliphatic rings. The summed E-state index contributed by atoms with van der Waals surface area (Å²) in [6, 6.07) is 0.573. The van der Waals surface area contributed by atoms with Gasteiger partial charge in [-0.15, -0.1) is 0 Å². The van der Waals surface area contributed by atoms with Crippen LogP contribution in [0.3, 0.4) is 0 Å². The van der Waals surface area contributed by atoms with Crippen molar-refractivity contribution in [3.63, 3.8) is 0 Å². The van der Waals surface area contributed by atoms with Crippen molar-refractivity contribution < 1.29 is 9.90 Å². The number of nitrogens with two attached hydrogens (primary N) is 1. The van der Waals surface area contributed by atoms with Gasteiger partial charge in [-0.2, -0.15) is 0 Å². The Labute approximate surface area is 91.4 Å². The summed E-state index contributed by atoms with van der Waals surface area (Å²) in [5.41, 5.74) is 5.72. The molecule has 0 bridgehead atoms. The number of aliphatic carboxylic acids is 1. The zero-order chi connectivity index (χ0) is 11.4. The number of rotatable bonds is 5. The van der Waals surface area contributed by atoms with Gasteiger partial charge in [0.15, 0.2) is 0 Å². The van der Waals surface area contributed by atoms with E-state index in [4.69, 9.17) is 10.8 Å². The smallest absolute Gasteiger partial charge is 0.304 e. The molecular weight excluding hydrogens is 192 g/mol. The molecule has 1 rings (SSSR count). The molecule has 0 aromatic carbocycles. The van der Waals surface area contributed by atoms with Crippen LogP contribution < -0.4 is 5.73 Å². The normalized spacial score (nSPS) is 28.3. The first-order valence-corrected chi connectivity index (χ1v) is 5.70. The largest absolute Gasteiger partial charge is 0.481 e. The van der Waals surface area contributed by atoms with Crippen LogP contribution in [0.15, 0.2) is 0 Å². The average Bonchev–Trinajstić information content (AvgIpc) is 2.62. The summed E-state index contributed by atoms with van der Waals surface area (Å²) < 4.78 is 0. The fraction of sp³-hybridized carbons (Fsp3) is 0.909. The van der Waals surface area contributed by atoms with E-state index in [1.165, 1.54) is 12.8 Å². The molecule has 0 spiro atoms. The van der Waals surface area contributed by atoms with Crippen molar-refractivity contribution in [1.29, 1.82) is 0 Å². The molecule has 0 aromatic rings. The van der Waals surface area contributed by atoms with Crippen LogP contribution >= 0.6 is 0 Å². The van der Waals surface area contributed by atoms with E-state index in [9.17, 15) is 4.79 Å². The Kier molecular flexibility index (Phi) is 4.54. The molecule has 1 aliphatic carbocycles. The molecule has 0 aliphatic heterocycles. The van der Waals surface area contributed by atoms with Crippen LogP contribution in [0.25, 0.3) is 0 Å². The lowest BCUT2D eigenvalue weighted by Gasteiger charge is -2.33. The summed E-state index contributed by atoms with van der Waals surface area (Å²) in [5.74, 6) is -0.178. The molecule has 0 aromatic heterocycles. The van der Waals surface area contributed by atoms with E-state index in [-0.39, 0.29) is 12.5 Å². The van der Waals surface area contributed by atoms with Gasteiger partial charge < -0.3 is 10.8 Å². The Morgan fingerprint density at radius 2 is 2.27 bits per heavy atom. The van der Waals surface area contributed by atoms with Crippen LogP contribution in [-0.4, -0.2) is 41.7 Å². The van der Waals surface area contributed by atoms with Crippen molar-refractivity contribution in [3.05, 3.63) is 0 Å². The molecular formula is C11H22N2O2. The van der Waals surface area contributed by atoms with E-state index in [0.29, 0.717) is 12.0 Å². The topological polar surface area (TPSA) is 66.6 Å². The molecule has 3 N–H and O–H groups in total. The maximum Gasteiger partial charge on any atom is 0.304 e. The fourth-order valence-corrected chi connectivity index (χ4v) is 2.55. The molecule has 15 heavy (non-hydrogen) atoms. The third kappa shape index (κ3) is 3.18. The number of hydrogen-bond donors (Lipinski definition) is 2. The number of hydrogen-bond acceptors (Lipinski definition) is 3. The monoisotopic (exact) mass is 214 g/mol. The van der Waals surface area contributed by atoms with Crippen LogP contribution in [0.4, 0.5) is 0 Å². The summed E-state index contributed by atoms with van der Waals surface area (Å²) in [6.07, 6.45) is 3.77. The third-order valence-electron chi connectivity index (χ3n) is 3.61. The summed E-state index contributed by atoms with van der Waals surface area (Å²) >= 11 is 0. The summed E-state index contributed by atoms with van der Waals surface area (Å²) in [5, 5.41) is 8.75. The minimum atomic E-state index is -0.725. The molecule has 1 saturated carbocycles. The molecule has 4 heteroatoms. The van der Waals surface area contributed by atoms with Crippen LogP contribution in [-0.2, 0) is 4.79 Å². The minimum Gasteiger partial charge on any atom is -0.481 e. The molecule has 0 amide bonds. The number of carboxylic acids is 1. The summed E-state index contributed by atoms with van der Waals surface area (Å²) in [4.78, 5) is 12.8. The van der Waals surface area contributed by atoms with E-state index in [1.54, 1.807) is 0 Å². The van der Waals surface area contributed by atoms with Crippen molar-refractivity contribution >= 4 is 5.97 Å². The Balaban J connectivity index is 2.50. The Bertz CT molecular complexity index is 221. The lowest BCUT2D eigenvalue weighted by Crippen LogP contribution is -2.43. The third-order valence-corrected chi connectivity index (χ3v) is 3.61. The van der Waals surface area contributed by atoms with E-state index in [2.05, 4.69) is 4.90 Å². The maximum atomic E-state index is 10.6. The quantitative estimate of drug-likeness (QED) is 0.714. The van der Waals surface area contributed by atoms with Crippen molar-refractivity contribution in [2.45, 2.75) is 44.7 Å². The van der Waals surface area contributed by atoms with Gasteiger partial charge in [-0.3, -0.25) is 9.69 Å². The Hall–Kier alpha value is -0.610. The summed E-state index contributed by atoms with van der Waals surface area (Å²) in [6.45, 7) is 2.69. The molecule has 0 heterocycles. The van der Waals surface area contributed by atoms with Crippen molar-refractivity contribution in [1.82, 2.24) is 4.90 Å². The lowest BCUT2D eigenvalue weighted by molar-refractivity contribution is -0.138. The van der Waals surface area contributed by atoms with Crippen LogP contribution in [0.2, 0.25) is 0 Å². The van der Waals surface area contributed by atoms with E-state index >= 15 is 0 Å². The Morgan fingerprint density at radius 3 is 2.80 bits per heavy atom. The van der Waals surface area contributed by atoms with Gasteiger partial charge in [-0.1, -0.05) is 6.42 Å². The predicted octanol–water partition coefficient (Wildman–Crippen LogP) is 0.909. The molecule has 0 radical (unpaired) electrons. The van der Waals surface area contributed by atoms with Crippen molar-refractivity contribution in [2.75, 3.05) is 13.6 Å². The zero-order valence-electron chi connectivity index (χ0n) is 9.65. The minimum absolute atomic E-state index is 0.0969. The van der Waals surface area contributed by atoms with Gasteiger partial charge in [0.05, 0.1) is 6.42 Å². The van der Waals surface area contributed by atoms with Gasteiger partial charge in [-0.25, -0.2) is 0 Å². The van der Waals surface area contributed by atoms with E-state index in [1.807, 2.05) is 14.0 Å². The second-order valence-electron chi connectivity index (χ2n) is 4.61. The highest BCUT2D eigenvalue weighted by Gasteiger charge is 2.31. The highest BCUT2D eigenvalue weighted by atomic mass is 16.4. The fourth-order valence-electron chi connectivity index (χ4n) is 2.55. The maximum absolute atomic E-state index is 10.6. The van der Waals surface area contributed by atoms with Gasteiger partial charge in [0.1, 0.15) is 0 Å². The van der Waals surface area contributed by atoms with Gasteiger partial charge in [0.25, 0.3) is 0 Å². The van der Waals surface area contributed by atoms with Crippen LogP contribution in [0.5, 0.6) is 0 Å². The predicted molar refractivity (Wildman–Crippen MR) is 59.7 cm³/mol. The highest BCUT2D eigenvalue weighted by molar-refractivity contribution is 5.67. The molecule has 3 unspecified atom stereocenters.